The Morgan fingerprint density at radius 3 is 2.83 bits per heavy atom. The minimum atomic E-state index is -0.561. The van der Waals surface area contributed by atoms with Crippen LogP contribution in [0, 0.1) is 12.7 Å². The van der Waals surface area contributed by atoms with Gasteiger partial charge in [0.15, 0.2) is 0 Å². The van der Waals surface area contributed by atoms with Gasteiger partial charge in [0.25, 0.3) is 5.91 Å². The number of nitrogens with one attached hydrogen (secondary N) is 1. The highest BCUT2D eigenvalue weighted by molar-refractivity contribution is 7.10. The highest BCUT2D eigenvalue weighted by atomic mass is 35.5. The molecular weight excluding hydrogens is 429 g/mol. The molecule has 1 amide bonds. The fourth-order valence-corrected chi connectivity index (χ4v) is 4.71. The fourth-order valence-electron chi connectivity index (χ4n) is 3.59. The van der Waals surface area contributed by atoms with Crippen molar-refractivity contribution >= 4 is 28.8 Å². The van der Waals surface area contributed by atoms with Crippen LogP contribution >= 0.6 is 22.9 Å². The van der Waals surface area contributed by atoms with Crippen LogP contribution in [0.5, 0.6) is 0 Å². The normalized spacial score (nSPS) is 15.8. The molecule has 1 aliphatic heterocycles. The van der Waals surface area contributed by atoms with E-state index in [1.54, 1.807) is 24.3 Å². The number of benzene rings is 1. The van der Waals surface area contributed by atoms with Crippen LogP contribution in [0.1, 0.15) is 27.0 Å². The van der Waals surface area contributed by atoms with Gasteiger partial charge in [-0.05, 0) is 30.5 Å². The van der Waals surface area contributed by atoms with Crippen LogP contribution < -0.4 is 5.32 Å². The second-order valence-corrected chi connectivity index (χ2v) is 8.34. The van der Waals surface area contributed by atoms with Crippen LogP contribution in [0.4, 0.5) is 4.39 Å². The Morgan fingerprint density at radius 2 is 2.13 bits per heavy atom. The fraction of sp³-hybridized carbons (Fsp3) is 0.333. The van der Waals surface area contributed by atoms with Crippen LogP contribution in [0.3, 0.4) is 0 Å². The van der Waals surface area contributed by atoms with Crippen molar-refractivity contribution in [3.63, 3.8) is 0 Å². The van der Waals surface area contributed by atoms with Crippen molar-refractivity contribution in [2.45, 2.75) is 13.0 Å². The predicted octanol–water partition coefficient (Wildman–Crippen LogP) is 4.31. The van der Waals surface area contributed by atoms with Crippen molar-refractivity contribution in [1.82, 2.24) is 15.4 Å². The molecule has 1 atom stereocenters. The summed E-state index contributed by atoms with van der Waals surface area (Å²) in [6.07, 6.45) is 0. The predicted molar refractivity (Wildman–Crippen MR) is 113 cm³/mol. The summed E-state index contributed by atoms with van der Waals surface area (Å²) in [6.45, 7) is 4.93. The molecule has 158 valence electrons. The van der Waals surface area contributed by atoms with E-state index < -0.39 is 5.82 Å². The molecule has 1 N–H and O–H groups in total. The Labute approximate surface area is 182 Å². The molecule has 30 heavy (non-hydrogen) atoms. The first-order valence-electron chi connectivity index (χ1n) is 9.60. The molecule has 0 unspecified atom stereocenters. The molecule has 0 spiro atoms. The van der Waals surface area contributed by atoms with Crippen molar-refractivity contribution in [1.29, 1.82) is 0 Å². The number of nitrogens with zero attached hydrogens (tertiary/aromatic N) is 2. The van der Waals surface area contributed by atoms with Gasteiger partial charge in [0.05, 0.1) is 29.8 Å². The summed E-state index contributed by atoms with van der Waals surface area (Å²) in [5.74, 6) is -0.631. The maximum atomic E-state index is 14.4. The smallest absolute Gasteiger partial charge is 0.257 e. The number of amides is 1. The molecule has 2 aromatic heterocycles. The number of rotatable bonds is 6. The topological polar surface area (TPSA) is 67.6 Å². The van der Waals surface area contributed by atoms with E-state index in [1.165, 1.54) is 12.1 Å². The van der Waals surface area contributed by atoms with Crippen LogP contribution in [-0.4, -0.2) is 48.8 Å². The number of halogens is 2. The van der Waals surface area contributed by atoms with E-state index in [2.05, 4.69) is 21.4 Å². The molecule has 3 aromatic rings. The van der Waals surface area contributed by atoms with Gasteiger partial charge in [0.1, 0.15) is 22.8 Å². The van der Waals surface area contributed by atoms with Gasteiger partial charge < -0.3 is 14.6 Å². The van der Waals surface area contributed by atoms with Crippen molar-refractivity contribution in [2.75, 3.05) is 32.8 Å². The minimum absolute atomic E-state index is 0.0264. The first kappa shape index (κ1) is 21.0. The van der Waals surface area contributed by atoms with E-state index in [0.717, 1.165) is 18.0 Å². The Hall–Kier alpha value is -2.26. The molecule has 3 heterocycles. The molecule has 4 rings (SSSR count). The molecule has 6 nitrogen and oxygen atoms in total. The number of aryl methyl sites for hydroxylation is 1. The van der Waals surface area contributed by atoms with E-state index in [1.807, 2.05) is 11.4 Å². The quantitative estimate of drug-likeness (QED) is 0.607. The van der Waals surface area contributed by atoms with Gasteiger partial charge >= 0.3 is 0 Å². The second kappa shape index (κ2) is 9.26. The van der Waals surface area contributed by atoms with Gasteiger partial charge in [-0.15, -0.1) is 11.3 Å². The number of ether oxygens (including phenoxy) is 1. The Balaban J connectivity index is 1.57. The number of thiophene rings is 1. The maximum Gasteiger partial charge on any atom is 0.257 e. The lowest BCUT2D eigenvalue weighted by atomic mass is 10.0. The molecule has 0 aliphatic carbocycles. The zero-order chi connectivity index (χ0) is 21.1. The van der Waals surface area contributed by atoms with Crippen molar-refractivity contribution in [3.8, 4) is 11.3 Å². The van der Waals surface area contributed by atoms with Gasteiger partial charge in [-0.25, -0.2) is 4.39 Å². The Kier molecular flexibility index (Phi) is 6.48. The minimum Gasteiger partial charge on any atom is -0.379 e. The first-order valence-corrected chi connectivity index (χ1v) is 10.9. The molecular formula is C21H21ClFN3O3S. The summed E-state index contributed by atoms with van der Waals surface area (Å²) in [4.78, 5) is 16.5. The molecule has 1 fully saturated rings. The maximum absolute atomic E-state index is 14.4. The van der Waals surface area contributed by atoms with Gasteiger partial charge in [-0.2, -0.15) is 0 Å². The van der Waals surface area contributed by atoms with Gasteiger partial charge in [-0.3, -0.25) is 9.69 Å². The number of hydrogen-bond donors (Lipinski definition) is 1. The third-order valence-corrected chi connectivity index (χ3v) is 6.39. The third kappa shape index (κ3) is 4.27. The summed E-state index contributed by atoms with van der Waals surface area (Å²) in [5, 5.41) is 9.08. The van der Waals surface area contributed by atoms with Crippen LogP contribution in [-0.2, 0) is 4.74 Å². The number of aromatic nitrogens is 1. The van der Waals surface area contributed by atoms with Crippen molar-refractivity contribution < 1.29 is 18.4 Å². The molecule has 1 saturated heterocycles. The van der Waals surface area contributed by atoms with Gasteiger partial charge in [0.2, 0.25) is 0 Å². The third-order valence-electron chi connectivity index (χ3n) is 5.10. The molecule has 0 saturated carbocycles. The van der Waals surface area contributed by atoms with Crippen LogP contribution in [0.2, 0.25) is 5.02 Å². The average Bonchev–Trinajstić information content (AvgIpc) is 3.39. The van der Waals surface area contributed by atoms with Gasteiger partial charge in [-0.1, -0.05) is 28.9 Å². The monoisotopic (exact) mass is 449 g/mol. The summed E-state index contributed by atoms with van der Waals surface area (Å²) in [6, 6.07) is 8.42. The van der Waals surface area contributed by atoms with Crippen molar-refractivity contribution in [2.24, 2.45) is 0 Å². The molecule has 1 aliphatic rings. The number of hydrogen-bond acceptors (Lipinski definition) is 6. The average molecular weight is 450 g/mol. The van der Waals surface area contributed by atoms with E-state index in [0.29, 0.717) is 25.5 Å². The highest BCUT2D eigenvalue weighted by Crippen LogP contribution is 2.33. The number of carbonyl (C=O) groups is 1. The van der Waals surface area contributed by atoms with E-state index >= 15 is 0 Å². The summed E-state index contributed by atoms with van der Waals surface area (Å²) < 4.78 is 25.1. The highest BCUT2D eigenvalue weighted by Gasteiger charge is 2.28. The summed E-state index contributed by atoms with van der Waals surface area (Å²) in [5.41, 5.74) is 0.352. The second-order valence-electron chi connectivity index (χ2n) is 6.95. The lowest BCUT2D eigenvalue weighted by molar-refractivity contribution is 0.0169. The van der Waals surface area contributed by atoms with E-state index in [9.17, 15) is 9.18 Å². The lowest BCUT2D eigenvalue weighted by Gasteiger charge is -2.34. The SMILES string of the molecule is Cc1onc(-c2c(F)cccc2Cl)c1C(=O)NC[C@H](c1cccs1)N1CCOCC1. The van der Waals surface area contributed by atoms with Crippen LogP contribution in [0.15, 0.2) is 40.2 Å². The Morgan fingerprint density at radius 1 is 1.33 bits per heavy atom. The number of morpholine rings is 1. The first-order chi connectivity index (χ1) is 14.6. The summed E-state index contributed by atoms with van der Waals surface area (Å²) in [7, 11) is 0. The van der Waals surface area contributed by atoms with Crippen LogP contribution in [0.25, 0.3) is 11.3 Å². The molecule has 1 aromatic carbocycles. The van der Waals surface area contributed by atoms with E-state index in [-0.39, 0.29) is 33.8 Å². The lowest BCUT2D eigenvalue weighted by Crippen LogP contribution is -2.43. The zero-order valence-electron chi connectivity index (χ0n) is 16.4. The Bertz CT molecular complexity index is 998. The standard InChI is InChI=1S/C21H21ClFN3O3S/c1-13-18(20(25-29-13)19-14(22)4-2-5-15(19)23)21(27)24-12-16(17-6-3-11-30-17)26-7-9-28-10-8-26/h2-6,11,16H,7-10,12H2,1H3,(H,24,27)/t16-/m1/s1. The largest absolute Gasteiger partial charge is 0.379 e. The molecule has 0 bridgehead atoms. The molecule has 9 heteroatoms. The van der Waals surface area contributed by atoms with Crippen molar-refractivity contribution in [3.05, 3.63) is 62.8 Å². The molecule has 0 radical (unpaired) electrons. The number of carbonyl (C=O) groups excluding carboxylic acids is 1. The van der Waals surface area contributed by atoms with E-state index in [4.69, 9.17) is 20.9 Å². The zero-order valence-corrected chi connectivity index (χ0v) is 17.9. The van der Waals surface area contributed by atoms with Gasteiger partial charge in [0, 0.05) is 24.5 Å². The summed E-state index contributed by atoms with van der Waals surface area (Å²) >= 11 is 7.83.